The quantitative estimate of drug-likeness (QED) is 0.192. The first-order valence-electron chi connectivity index (χ1n) is 14.3. The van der Waals surface area contributed by atoms with Crippen LogP contribution in [0.4, 0.5) is 5.69 Å². The molecule has 0 radical (unpaired) electrons. The van der Waals surface area contributed by atoms with Gasteiger partial charge < -0.3 is 45.0 Å². The maximum absolute atomic E-state index is 13.9. The van der Waals surface area contributed by atoms with Gasteiger partial charge in [0.15, 0.2) is 0 Å². The molecular formula is C30H34N2O11. The van der Waals surface area contributed by atoms with Gasteiger partial charge in [0, 0.05) is 24.3 Å². The summed E-state index contributed by atoms with van der Waals surface area (Å²) in [5.41, 5.74) is 0.634. The lowest BCUT2D eigenvalue weighted by molar-refractivity contribution is -0.301. The Morgan fingerprint density at radius 3 is 2.30 bits per heavy atom. The van der Waals surface area contributed by atoms with Crippen LogP contribution >= 0.6 is 0 Å². The number of ether oxygens (including phenoxy) is 2. The molecule has 0 unspecified atom stereocenters. The molecular weight excluding hydrogens is 564 g/mol. The van der Waals surface area contributed by atoms with E-state index < -0.39 is 85.0 Å². The van der Waals surface area contributed by atoms with Crippen molar-refractivity contribution in [1.82, 2.24) is 0 Å². The number of carbonyl (C=O) groups is 2. The SMILES string of the molecule is O=C1[C@H]2[C@H]3[C@H](O)[C@H](O)C/C(=N\O[C@@H]4O[C@H](CO)[C@@H](O)[C@H](O)[C@H]4O)[C@@H]3CC[C@H]2C(=O)N1c1cccc(Oc2ccccc2)c1. The van der Waals surface area contributed by atoms with Crippen molar-refractivity contribution < 1.29 is 54.5 Å². The number of benzene rings is 2. The lowest BCUT2D eigenvalue weighted by atomic mass is 9.60. The number of nitrogens with zero attached hydrogens (tertiary/aromatic N) is 2. The number of fused-ring (bicyclic) bond motifs is 3. The Morgan fingerprint density at radius 1 is 0.837 bits per heavy atom. The van der Waals surface area contributed by atoms with Crippen LogP contribution in [-0.4, -0.2) is 97.7 Å². The van der Waals surface area contributed by atoms with E-state index in [4.69, 9.17) is 14.3 Å². The molecule has 11 atom stereocenters. The number of imide groups is 1. The third kappa shape index (κ3) is 5.31. The van der Waals surface area contributed by atoms with Gasteiger partial charge in [0.1, 0.15) is 35.9 Å². The molecule has 6 rings (SSSR count). The van der Waals surface area contributed by atoms with E-state index in [-0.39, 0.29) is 6.42 Å². The Bertz CT molecular complexity index is 1370. The summed E-state index contributed by atoms with van der Waals surface area (Å²) in [6.07, 6.45) is -9.66. The van der Waals surface area contributed by atoms with Crippen LogP contribution in [0.15, 0.2) is 59.8 Å². The lowest BCUT2D eigenvalue weighted by Crippen LogP contribution is -2.59. The van der Waals surface area contributed by atoms with Gasteiger partial charge in [0.05, 0.1) is 42.0 Å². The van der Waals surface area contributed by atoms with E-state index >= 15 is 0 Å². The van der Waals surface area contributed by atoms with Crippen LogP contribution in [0, 0.1) is 23.7 Å². The monoisotopic (exact) mass is 598 g/mol. The average molecular weight is 599 g/mol. The Hall–Kier alpha value is -3.43. The summed E-state index contributed by atoms with van der Waals surface area (Å²) < 4.78 is 11.2. The molecule has 2 saturated carbocycles. The van der Waals surface area contributed by atoms with Gasteiger partial charge in [-0.15, -0.1) is 0 Å². The highest BCUT2D eigenvalue weighted by atomic mass is 16.8. The predicted octanol–water partition coefficient (Wildman–Crippen LogP) is -0.0913. The predicted molar refractivity (Wildman–Crippen MR) is 148 cm³/mol. The van der Waals surface area contributed by atoms with Crippen LogP contribution < -0.4 is 9.64 Å². The minimum absolute atomic E-state index is 0.0954. The summed E-state index contributed by atoms with van der Waals surface area (Å²) in [4.78, 5) is 34.0. The van der Waals surface area contributed by atoms with Gasteiger partial charge >= 0.3 is 0 Å². The Morgan fingerprint density at radius 2 is 1.56 bits per heavy atom. The molecule has 0 aromatic heterocycles. The van der Waals surface area contributed by atoms with Gasteiger partial charge in [0.2, 0.25) is 11.8 Å². The van der Waals surface area contributed by atoms with E-state index in [9.17, 15) is 40.2 Å². The number of aliphatic hydroxyl groups excluding tert-OH is 6. The molecule has 13 nitrogen and oxygen atoms in total. The molecule has 2 aromatic carbocycles. The van der Waals surface area contributed by atoms with Gasteiger partial charge in [-0.2, -0.15) is 0 Å². The molecule has 13 heteroatoms. The topological polar surface area (TPSA) is 199 Å². The fraction of sp³-hybridized carbons (Fsp3) is 0.500. The zero-order valence-corrected chi connectivity index (χ0v) is 23.0. The maximum Gasteiger partial charge on any atom is 0.256 e. The van der Waals surface area contributed by atoms with Crippen LogP contribution in [0.1, 0.15) is 19.3 Å². The van der Waals surface area contributed by atoms with Gasteiger partial charge in [-0.1, -0.05) is 29.4 Å². The van der Waals surface area contributed by atoms with Crippen LogP contribution in [0.2, 0.25) is 0 Å². The molecule has 0 bridgehead atoms. The van der Waals surface area contributed by atoms with Gasteiger partial charge in [0.25, 0.3) is 6.29 Å². The first-order valence-corrected chi connectivity index (χ1v) is 14.3. The Kier molecular flexibility index (Phi) is 8.22. The highest BCUT2D eigenvalue weighted by Gasteiger charge is 2.60. The van der Waals surface area contributed by atoms with Crippen molar-refractivity contribution in [3.63, 3.8) is 0 Å². The molecule has 2 heterocycles. The zero-order chi connectivity index (χ0) is 30.4. The Balaban J connectivity index is 1.24. The van der Waals surface area contributed by atoms with Gasteiger partial charge in [-0.25, -0.2) is 4.90 Å². The van der Waals surface area contributed by atoms with Crippen molar-refractivity contribution in [1.29, 1.82) is 0 Å². The van der Waals surface area contributed by atoms with Crippen molar-refractivity contribution in [2.24, 2.45) is 28.8 Å². The maximum atomic E-state index is 13.9. The average Bonchev–Trinajstić information content (AvgIpc) is 3.27. The van der Waals surface area contributed by atoms with Crippen molar-refractivity contribution in [3.8, 4) is 11.5 Å². The van der Waals surface area contributed by atoms with Crippen molar-refractivity contribution >= 4 is 23.2 Å². The van der Waals surface area contributed by atoms with E-state index in [2.05, 4.69) is 5.16 Å². The number of carbonyl (C=O) groups excluding carboxylic acids is 2. The van der Waals surface area contributed by atoms with E-state index in [0.29, 0.717) is 35.7 Å². The first-order chi connectivity index (χ1) is 20.7. The van der Waals surface area contributed by atoms with Gasteiger partial charge in [-0.05, 0) is 37.1 Å². The molecule has 4 aliphatic rings. The van der Waals surface area contributed by atoms with Crippen LogP contribution in [0.25, 0.3) is 0 Å². The fourth-order valence-electron chi connectivity index (χ4n) is 6.81. The summed E-state index contributed by atoms with van der Waals surface area (Å²) in [5, 5.41) is 65.8. The van der Waals surface area contributed by atoms with Gasteiger partial charge in [-0.3, -0.25) is 9.59 Å². The number of rotatable bonds is 6. The molecule has 230 valence electrons. The number of oxime groups is 1. The second kappa shape index (κ2) is 11.9. The van der Waals surface area contributed by atoms with E-state index in [1.807, 2.05) is 18.2 Å². The van der Waals surface area contributed by atoms with Crippen LogP contribution in [0.3, 0.4) is 0 Å². The summed E-state index contributed by atoms with van der Waals surface area (Å²) in [7, 11) is 0. The van der Waals surface area contributed by atoms with E-state index in [1.165, 1.54) is 0 Å². The summed E-state index contributed by atoms with van der Waals surface area (Å²) >= 11 is 0. The minimum Gasteiger partial charge on any atom is -0.457 e. The largest absolute Gasteiger partial charge is 0.457 e. The minimum atomic E-state index is -1.68. The Labute approximate surface area is 246 Å². The lowest BCUT2D eigenvalue weighted by Gasteiger charge is -2.45. The summed E-state index contributed by atoms with van der Waals surface area (Å²) in [5.74, 6) is -2.87. The molecule has 43 heavy (non-hydrogen) atoms. The fourth-order valence-corrected chi connectivity index (χ4v) is 6.81. The number of anilines is 1. The zero-order valence-electron chi connectivity index (χ0n) is 23.0. The van der Waals surface area contributed by atoms with Crippen LogP contribution in [0.5, 0.6) is 11.5 Å². The third-order valence-corrected chi connectivity index (χ3v) is 8.96. The molecule has 6 N–H and O–H groups in total. The first kappa shape index (κ1) is 29.6. The van der Waals surface area contributed by atoms with Crippen LogP contribution in [-0.2, 0) is 19.2 Å². The number of hydrogen-bond donors (Lipinski definition) is 6. The van der Waals surface area contributed by atoms with E-state index in [1.54, 1.807) is 36.4 Å². The number of hydrogen-bond acceptors (Lipinski definition) is 12. The highest BCUT2D eigenvalue weighted by Crippen LogP contribution is 2.50. The number of aliphatic hydroxyl groups is 6. The molecule has 2 aromatic rings. The smallest absolute Gasteiger partial charge is 0.256 e. The highest BCUT2D eigenvalue weighted by molar-refractivity contribution is 6.22. The molecule has 2 aliphatic heterocycles. The molecule has 2 saturated heterocycles. The van der Waals surface area contributed by atoms with Crippen molar-refractivity contribution in [2.75, 3.05) is 11.5 Å². The number of para-hydroxylation sites is 1. The van der Waals surface area contributed by atoms with E-state index in [0.717, 1.165) is 4.90 Å². The van der Waals surface area contributed by atoms with Crippen molar-refractivity contribution in [3.05, 3.63) is 54.6 Å². The summed E-state index contributed by atoms with van der Waals surface area (Å²) in [6, 6.07) is 15.7. The van der Waals surface area contributed by atoms with Crippen molar-refractivity contribution in [2.45, 2.75) is 62.2 Å². The normalized spacial score (nSPS) is 38.5. The number of amides is 2. The molecule has 4 fully saturated rings. The standard InChI is InChI=1S/C30H34N2O11/c33-13-21-25(36)26(37)27(38)30(42-21)43-31-19-12-20(34)24(35)22-17(19)9-10-18-23(22)29(40)32(28(18)39)14-5-4-8-16(11-14)41-15-6-2-1-3-7-15/h1-8,11,17-18,20-27,30,33-38H,9-10,12-13H2/b31-19+/t17-,18+,20+,21+,22-,23+,24+,25+,26-,27+,30-/m0/s1. The second-order valence-corrected chi connectivity index (χ2v) is 11.5. The second-order valence-electron chi connectivity index (χ2n) is 11.5. The molecule has 2 aliphatic carbocycles. The summed E-state index contributed by atoms with van der Waals surface area (Å²) in [6.45, 7) is -0.645. The third-order valence-electron chi connectivity index (χ3n) is 8.96. The molecule has 0 spiro atoms. The molecule has 2 amide bonds.